The fourth-order valence-corrected chi connectivity index (χ4v) is 2.73. The van der Waals surface area contributed by atoms with Crippen LogP contribution in [0.3, 0.4) is 0 Å². The van der Waals surface area contributed by atoms with Crippen molar-refractivity contribution < 1.29 is 4.79 Å². The molecule has 110 valence electrons. The number of likely N-dealkylation sites (N-methyl/N-ethyl adjacent to an activating group) is 2. The number of nitrogens with one attached hydrogen (secondary N) is 1. The molecule has 0 heterocycles. The molecular weight excluding hydrogens is 250 g/mol. The number of rotatable bonds is 6. The zero-order valence-corrected chi connectivity index (χ0v) is 12.7. The van der Waals surface area contributed by atoms with Crippen molar-refractivity contribution in [2.75, 3.05) is 39.5 Å². The van der Waals surface area contributed by atoms with Gasteiger partial charge in [-0.3, -0.25) is 4.79 Å². The first-order valence-electron chi connectivity index (χ1n) is 7.24. The van der Waals surface area contributed by atoms with Gasteiger partial charge in [-0.05, 0) is 45.5 Å². The highest BCUT2D eigenvalue weighted by atomic mass is 16.2. The second-order valence-electron chi connectivity index (χ2n) is 5.94. The molecular formula is C16H25N3O. The van der Waals surface area contributed by atoms with Gasteiger partial charge in [0.2, 0.25) is 5.91 Å². The minimum Gasteiger partial charge on any atom is -0.376 e. The zero-order chi connectivity index (χ0) is 14.6. The summed E-state index contributed by atoms with van der Waals surface area (Å²) in [6.07, 6.45) is 3.63. The molecule has 1 aromatic carbocycles. The van der Waals surface area contributed by atoms with Gasteiger partial charge >= 0.3 is 0 Å². The van der Waals surface area contributed by atoms with Crippen molar-refractivity contribution in [3.8, 4) is 0 Å². The Kier molecular flexibility index (Phi) is 4.65. The van der Waals surface area contributed by atoms with E-state index in [4.69, 9.17) is 0 Å². The summed E-state index contributed by atoms with van der Waals surface area (Å²) in [5, 5.41) is 3.17. The molecule has 0 bridgehead atoms. The Hall–Kier alpha value is -1.55. The first-order chi connectivity index (χ1) is 9.53. The van der Waals surface area contributed by atoms with Crippen LogP contribution in [-0.4, -0.2) is 55.5 Å². The van der Waals surface area contributed by atoms with Crippen LogP contribution in [0.5, 0.6) is 0 Å². The summed E-state index contributed by atoms with van der Waals surface area (Å²) in [5.41, 5.74) is 1.18. The molecule has 0 saturated heterocycles. The average molecular weight is 275 g/mol. The molecule has 1 saturated carbocycles. The summed E-state index contributed by atoms with van der Waals surface area (Å²) in [4.78, 5) is 16.3. The Bertz CT molecular complexity index is 440. The molecule has 4 heteroatoms. The quantitative estimate of drug-likeness (QED) is 0.863. The van der Waals surface area contributed by atoms with Gasteiger partial charge in [0.05, 0.1) is 6.54 Å². The van der Waals surface area contributed by atoms with Crippen LogP contribution in [0.25, 0.3) is 0 Å². The molecule has 1 aliphatic carbocycles. The predicted octanol–water partition coefficient (Wildman–Crippen LogP) is 2.04. The van der Waals surface area contributed by atoms with E-state index in [1.54, 1.807) is 0 Å². The average Bonchev–Trinajstić information content (AvgIpc) is 2.40. The standard InChI is InChI=1S/C16H25N3O/c1-18(2)16(10-7-11-16)13-19(3)15(20)12-17-14-8-5-4-6-9-14/h4-6,8-9,17H,7,10-13H2,1-3H3. The molecule has 20 heavy (non-hydrogen) atoms. The lowest BCUT2D eigenvalue weighted by atomic mass is 9.75. The number of hydrogen-bond donors (Lipinski definition) is 1. The monoisotopic (exact) mass is 275 g/mol. The van der Waals surface area contributed by atoms with E-state index < -0.39 is 0 Å². The summed E-state index contributed by atoms with van der Waals surface area (Å²) in [7, 11) is 6.12. The van der Waals surface area contributed by atoms with Crippen molar-refractivity contribution in [2.45, 2.75) is 24.8 Å². The number of amides is 1. The Labute approximate surface area is 121 Å². The van der Waals surface area contributed by atoms with Crippen LogP contribution in [-0.2, 0) is 4.79 Å². The zero-order valence-electron chi connectivity index (χ0n) is 12.7. The number of nitrogens with zero attached hydrogens (tertiary/aromatic N) is 2. The smallest absolute Gasteiger partial charge is 0.241 e. The summed E-state index contributed by atoms with van der Waals surface area (Å²) in [5.74, 6) is 0.141. The highest BCUT2D eigenvalue weighted by Gasteiger charge is 2.40. The van der Waals surface area contributed by atoms with Gasteiger partial charge in [0.1, 0.15) is 0 Å². The van der Waals surface area contributed by atoms with Crippen LogP contribution in [0.1, 0.15) is 19.3 Å². The Morgan fingerprint density at radius 1 is 1.20 bits per heavy atom. The minimum atomic E-state index is 0.141. The van der Waals surface area contributed by atoms with Gasteiger partial charge in [-0.2, -0.15) is 0 Å². The highest BCUT2D eigenvalue weighted by molar-refractivity contribution is 5.80. The first-order valence-corrected chi connectivity index (χ1v) is 7.24. The van der Waals surface area contributed by atoms with Gasteiger partial charge in [0.15, 0.2) is 0 Å². The molecule has 0 unspecified atom stereocenters. The van der Waals surface area contributed by atoms with E-state index in [2.05, 4.69) is 24.3 Å². The van der Waals surface area contributed by atoms with Crippen molar-refractivity contribution in [1.29, 1.82) is 0 Å². The van der Waals surface area contributed by atoms with Gasteiger partial charge in [0, 0.05) is 24.8 Å². The second kappa shape index (κ2) is 6.27. The van der Waals surface area contributed by atoms with E-state index >= 15 is 0 Å². The van der Waals surface area contributed by atoms with Gasteiger partial charge in [-0.1, -0.05) is 18.2 Å². The molecule has 0 aliphatic heterocycles. The molecule has 0 atom stereocenters. The third-order valence-corrected chi connectivity index (χ3v) is 4.41. The number of anilines is 1. The molecule has 1 aliphatic rings. The number of carbonyl (C=O) groups is 1. The molecule has 1 amide bonds. The number of para-hydroxylation sites is 1. The molecule has 1 fully saturated rings. The number of carbonyl (C=O) groups excluding carboxylic acids is 1. The summed E-state index contributed by atoms with van der Waals surface area (Å²) in [6.45, 7) is 1.17. The maximum absolute atomic E-state index is 12.2. The van der Waals surface area contributed by atoms with Crippen molar-refractivity contribution in [3.05, 3.63) is 30.3 Å². The van der Waals surface area contributed by atoms with Gasteiger partial charge in [-0.25, -0.2) is 0 Å². The number of benzene rings is 1. The molecule has 0 radical (unpaired) electrons. The maximum Gasteiger partial charge on any atom is 0.241 e. The van der Waals surface area contributed by atoms with E-state index in [-0.39, 0.29) is 11.4 Å². The molecule has 0 aromatic heterocycles. The van der Waals surface area contributed by atoms with Gasteiger partial charge in [0.25, 0.3) is 0 Å². The second-order valence-corrected chi connectivity index (χ2v) is 5.94. The van der Waals surface area contributed by atoms with Crippen LogP contribution in [0.15, 0.2) is 30.3 Å². The Morgan fingerprint density at radius 3 is 2.35 bits per heavy atom. The maximum atomic E-state index is 12.2. The lowest BCUT2D eigenvalue weighted by molar-refractivity contribution is -0.130. The number of hydrogen-bond acceptors (Lipinski definition) is 3. The van der Waals surface area contributed by atoms with Crippen LogP contribution in [0, 0.1) is 0 Å². The van der Waals surface area contributed by atoms with Gasteiger partial charge < -0.3 is 15.1 Å². The topological polar surface area (TPSA) is 35.6 Å². The van der Waals surface area contributed by atoms with E-state index in [9.17, 15) is 4.79 Å². The van der Waals surface area contributed by atoms with E-state index in [0.717, 1.165) is 12.2 Å². The third kappa shape index (κ3) is 3.31. The molecule has 1 aromatic rings. The Balaban J connectivity index is 1.83. The van der Waals surface area contributed by atoms with E-state index in [0.29, 0.717) is 6.54 Å². The van der Waals surface area contributed by atoms with Crippen LogP contribution in [0.4, 0.5) is 5.69 Å². The Morgan fingerprint density at radius 2 is 1.85 bits per heavy atom. The van der Waals surface area contributed by atoms with Crippen LogP contribution < -0.4 is 5.32 Å². The lowest BCUT2D eigenvalue weighted by Gasteiger charge is -2.49. The highest BCUT2D eigenvalue weighted by Crippen LogP contribution is 2.36. The van der Waals surface area contributed by atoms with Crippen molar-refractivity contribution in [1.82, 2.24) is 9.80 Å². The summed E-state index contributed by atoms with van der Waals surface area (Å²) < 4.78 is 0. The van der Waals surface area contributed by atoms with E-state index in [1.165, 1.54) is 19.3 Å². The molecule has 0 spiro atoms. The normalized spacial score (nSPS) is 16.6. The van der Waals surface area contributed by atoms with E-state index in [1.807, 2.05) is 42.3 Å². The fourth-order valence-electron chi connectivity index (χ4n) is 2.73. The summed E-state index contributed by atoms with van der Waals surface area (Å²) >= 11 is 0. The molecule has 1 N–H and O–H groups in total. The largest absolute Gasteiger partial charge is 0.376 e. The SMILES string of the molecule is CN(CC1(N(C)C)CCC1)C(=O)CNc1ccccc1. The minimum absolute atomic E-state index is 0.141. The predicted molar refractivity (Wildman–Crippen MR) is 82.8 cm³/mol. The van der Waals surface area contributed by atoms with Crippen molar-refractivity contribution in [3.63, 3.8) is 0 Å². The molecule has 2 rings (SSSR count). The van der Waals surface area contributed by atoms with Crippen LogP contribution in [0.2, 0.25) is 0 Å². The molecule has 4 nitrogen and oxygen atoms in total. The van der Waals surface area contributed by atoms with Crippen molar-refractivity contribution in [2.24, 2.45) is 0 Å². The third-order valence-electron chi connectivity index (χ3n) is 4.41. The fraction of sp³-hybridized carbons (Fsp3) is 0.562. The first kappa shape index (κ1) is 14.9. The van der Waals surface area contributed by atoms with Crippen molar-refractivity contribution >= 4 is 11.6 Å². The summed E-state index contributed by atoms with van der Waals surface area (Å²) in [6, 6.07) is 9.84. The van der Waals surface area contributed by atoms with Gasteiger partial charge in [-0.15, -0.1) is 0 Å². The lowest BCUT2D eigenvalue weighted by Crippen LogP contribution is -2.57. The van der Waals surface area contributed by atoms with Crippen LogP contribution >= 0.6 is 0 Å².